The second-order valence-electron chi connectivity index (χ2n) is 5.66. The minimum Gasteiger partial charge on any atom is -0.480 e. The fourth-order valence-corrected chi connectivity index (χ4v) is 2.77. The number of hydrogen-bond donors (Lipinski definition) is 5. The van der Waals surface area contributed by atoms with Crippen molar-refractivity contribution in [1.82, 2.24) is 10.2 Å². The van der Waals surface area contributed by atoms with Gasteiger partial charge in [0.1, 0.15) is 12.1 Å². The molecule has 0 unspecified atom stereocenters. The average Bonchev–Trinajstić information content (AvgIpc) is 3.01. The van der Waals surface area contributed by atoms with E-state index in [9.17, 15) is 19.5 Å². The monoisotopic (exact) mass is 346 g/mol. The van der Waals surface area contributed by atoms with Gasteiger partial charge in [0.05, 0.1) is 6.04 Å². The Kier molecular flexibility index (Phi) is 8.35. The Morgan fingerprint density at radius 1 is 1.35 bits per heavy atom. The molecule has 2 amide bonds. The summed E-state index contributed by atoms with van der Waals surface area (Å²) in [6, 6.07) is -2.39. The van der Waals surface area contributed by atoms with Gasteiger partial charge >= 0.3 is 5.97 Å². The maximum atomic E-state index is 12.4. The number of thiol groups is 1. The predicted molar refractivity (Wildman–Crippen MR) is 89.0 cm³/mol. The normalized spacial score (nSPS) is 20.1. The molecule has 1 rings (SSSR count). The lowest BCUT2D eigenvalue weighted by atomic mass is 10.1. The highest BCUT2D eigenvalue weighted by molar-refractivity contribution is 7.80. The topological polar surface area (TPSA) is 139 Å². The van der Waals surface area contributed by atoms with E-state index < -0.39 is 30.0 Å². The molecule has 9 heteroatoms. The minimum absolute atomic E-state index is 0.195. The van der Waals surface area contributed by atoms with Gasteiger partial charge in [-0.1, -0.05) is 0 Å². The lowest BCUT2D eigenvalue weighted by Crippen LogP contribution is -2.54. The van der Waals surface area contributed by atoms with Crippen molar-refractivity contribution in [1.29, 1.82) is 0 Å². The number of likely N-dealkylation sites (tertiary alicyclic amines) is 1. The first-order valence-electron chi connectivity index (χ1n) is 7.82. The molecule has 0 aromatic heterocycles. The van der Waals surface area contributed by atoms with E-state index >= 15 is 0 Å². The van der Waals surface area contributed by atoms with Gasteiger partial charge in [0, 0.05) is 12.3 Å². The Hall–Kier alpha value is -1.32. The van der Waals surface area contributed by atoms with Crippen LogP contribution in [0, 0.1) is 0 Å². The second-order valence-corrected chi connectivity index (χ2v) is 6.03. The van der Waals surface area contributed by atoms with E-state index in [-0.39, 0.29) is 11.7 Å². The molecular weight excluding hydrogens is 320 g/mol. The number of unbranched alkanes of at least 4 members (excludes halogenated alkanes) is 1. The van der Waals surface area contributed by atoms with Crippen LogP contribution in [0.2, 0.25) is 0 Å². The third kappa shape index (κ3) is 5.67. The highest BCUT2D eigenvalue weighted by atomic mass is 32.1. The highest BCUT2D eigenvalue weighted by Crippen LogP contribution is 2.19. The van der Waals surface area contributed by atoms with E-state index in [2.05, 4.69) is 17.9 Å². The summed E-state index contributed by atoms with van der Waals surface area (Å²) in [6.45, 7) is 0.927. The first kappa shape index (κ1) is 19.7. The number of nitrogens with two attached hydrogens (primary N) is 2. The molecule has 0 radical (unpaired) electrons. The summed E-state index contributed by atoms with van der Waals surface area (Å²) in [4.78, 5) is 37.2. The summed E-state index contributed by atoms with van der Waals surface area (Å²) in [7, 11) is 0. The van der Waals surface area contributed by atoms with Crippen molar-refractivity contribution in [2.75, 3.05) is 18.8 Å². The Morgan fingerprint density at radius 2 is 2.04 bits per heavy atom. The van der Waals surface area contributed by atoms with Gasteiger partial charge in [0.15, 0.2) is 0 Å². The molecule has 23 heavy (non-hydrogen) atoms. The van der Waals surface area contributed by atoms with Crippen LogP contribution in [-0.2, 0) is 14.4 Å². The highest BCUT2D eigenvalue weighted by Gasteiger charge is 2.37. The van der Waals surface area contributed by atoms with Crippen LogP contribution in [0.5, 0.6) is 0 Å². The van der Waals surface area contributed by atoms with Gasteiger partial charge in [0.2, 0.25) is 11.8 Å². The number of carbonyl (C=O) groups is 3. The molecule has 1 heterocycles. The van der Waals surface area contributed by atoms with E-state index in [1.54, 1.807) is 0 Å². The van der Waals surface area contributed by atoms with Crippen molar-refractivity contribution < 1.29 is 19.5 Å². The molecule has 6 N–H and O–H groups in total. The van der Waals surface area contributed by atoms with Crippen LogP contribution in [0.3, 0.4) is 0 Å². The summed E-state index contributed by atoms with van der Waals surface area (Å²) < 4.78 is 0. The Balaban J connectivity index is 2.66. The van der Waals surface area contributed by atoms with Gasteiger partial charge in [-0.3, -0.25) is 9.59 Å². The maximum absolute atomic E-state index is 12.4. The summed E-state index contributed by atoms with van der Waals surface area (Å²) in [5.74, 6) is -1.66. The molecule has 1 aliphatic heterocycles. The Bertz CT molecular complexity index is 435. The Labute approximate surface area is 141 Å². The number of hydrogen-bond acceptors (Lipinski definition) is 6. The number of carboxylic acid groups (broad SMARTS) is 1. The van der Waals surface area contributed by atoms with Crippen molar-refractivity contribution >= 4 is 30.4 Å². The van der Waals surface area contributed by atoms with E-state index in [0.29, 0.717) is 45.2 Å². The molecule has 1 aliphatic rings. The van der Waals surface area contributed by atoms with E-state index in [4.69, 9.17) is 11.5 Å². The van der Waals surface area contributed by atoms with Crippen LogP contribution in [0.15, 0.2) is 0 Å². The first-order chi connectivity index (χ1) is 10.9. The standard InChI is InChI=1S/C14H26N4O4S/c15-6-2-1-4-10(14(21)22)17-12(19)11-5-3-7-18(11)13(20)9(16)8-23/h9-11,23H,1-8,15-16H2,(H,17,19)(H,21,22)/t9-,10-,11-/m0/s1. The average molecular weight is 346 g/mol. The number of carboxylic acids is 1. The quantitative estimate of drug-likeness (QED) is 0.266. The molecule has 1 fully saturated rings. The molecule has 132 valence electrons. The van der Waals surface area contributed by atoms with Gasteiger partial charge in [-0.2, -0.15) is 12.6 Å². The third-order valence-electron chi connectivity index (χ3n) is 3.91. The molecule has 0 spiro atoms. The zero-order valence-electron chi connectivity index (χ0n) is 13.1. The van der Waals surface area contributed by atoms with Gasteiger partial charge < -0.3 is 26.8 Å². The van der Waals surface area contributed by atoms with Gasteiger partial charge in [-0.05, 0) is 38.6 Å². The maximum Gasteiger partial charge on any atom is 0.326 e. The molecule has 0 bridgehead atoms. The summed E-state index contributed by atoms with van der Waals surface area (Å²) in [6.07, 6.45) is 2.82. The van der Waals surface area contributed by atoms with Crippen molar-refractivity contribution in [3.05, 3.63) is 0 Å². The zero-order chi connectivity index (χ0) is 17.4. The van der Waals surface area contributed by atoms with Crippen LogP contribution in [-0.4, -0.2) is 64.8 Å². The van der Waals surface area contributed by atoms with Crippen molar-refractivity contribution in [2.24, 2.45) is 11.5 Å². The third-order valence-corrected chi connectivity index (χ3v) is 4.31. The van der Waals surface area contributed by atoms with Crippen LogP contribution >= 0.6 is 12.6 Å². The van der Waals surface area contributed by atoms with E-state index in [1.165, 1.54) is 4.90 Å². The van der Waals surface area contributed by atoms with Gasteiger partial charge in [-0.15, -0.1) is 0 Å². The van der Waals surface area contributed by atoms with Crippen LogP contribution in [0.1, 0.15) is 32.1 Å². The molecule has 0 saturated carbocycles. The summed E-state index contributed by atoms with van der Waals surface area (Å²) >= 11 is 4.00. The number of amides is 2. The minimum atomic E-state index is -1.08. The molecule has 8 nitrogen and oxygen atoms in total. The lowest BCUT2D eigenvalue weighted by molar-refractivity contribution is -0.144. The SMILES string of the molecule is NCCCC[C@H](NC(=O)[C@@H]1CCCN1C(=O)[C@@H](N)CS)C(=O)O. The lowest BCUT2D eigenvalue weighted by Gasteiger charge is -2.27. The van der Waals surface area contributed by atoms with Crippen molar-refractivity contribution in [3.63, 3.8) is 0 Å². The molecule has 1 saturated heterocycles. The smallest absolute Gasteiger partial charge is 0.326 e. The fourth-order valence-electron chi connectivity index (χ4n) is 2.61. The van der Waals surface area contributed by atoms with Crippen LogP contribution in [0.4, 0.5) is 0 Å². The van der Waals surface area contributed by atoms with Gasteiger partial charge in [0.25, 0.3) is 0 Å². The molecule has 0 aliphatic carbocycles. The van der Waals surface area contributed by atoms with E-state index in [0.717, 1.165) is 0 Å². The van der Waals surface area contributed by atoms with Crippen LogP contribution < -0.4 is 16.8 Å². The number of nitrogens with zero attached hydrogens (tertiary/aromatic N) is 1. The molecule has 0 aromatic rings. The fraction of sp³-hybridized carbons (Fsp3) is 0.786. The number of carbonyl (C=O) groups excluding carboxylic acids is 2. The first-order valence-corrected chi connectivity index (χ1v) is 8.45. The summed E-state index contributed by atoms with van der Waals surface area (Å²) in [5.41, 5.74) is 11.1. The molecule has 3 atom stereocenters. The predicted octanol–water partition coefficient (Wildman–Crippen LogP) is -1.07. The number of rotatable bonds is 9. The van der Waals surface area contributed by atoms with Crippen LogP contribution in [0.25, 0.3) is 0 Å². The Morgan fingerprint density at radius 3 is 2.61 bits per heavy atom. The molecular formula is C14H26N4O4S. The van der Waals surface area contributed by atoms with Crippen molar-refractivity contribution in [3.8, 4) is 0 Å². The number of aliphatic carboxylic acids is 1. The summed E-state index contributed by atoms with van der Waals surface area (Å²) in [5, 5.41) is 11.7. The van der Waals surface area contributed by atoms with Crippen molar-refractivity contribution in [2.45, 2.75) is 50.2 Å². The molecule has 0 aromatic carbocycles. The zero-order valence-corrected chi connectivity index (χ0v) is 14.0. The van der Waals surface area contributed by atoms with E-state index in [1.807, 2.05) is 0 Å². The largest absolute Gasteiger partial charge is 0.480 e. The number of nitrogens with one attached hydrogen (secondary N) is 1. The second kappa shape index (κ2) is 9.74. The van der Waals surface area contributed by atoms with Gasteiger partial charge in [-0.25, -0.2) is 4.79 Å².